The number of ether oxygens (including phenoxy) is 1. The summed E-state index contributed by atoms with van der Waals surface area (Å²) >= 11 is 11.9. The molecular formula is C20H23Cl2N3O5S. The van der Waals surface area contributed by atoms with E-state index >= 15 is 0 Å². The summed E-state index contributed by atoms with van der Waals surface area (Å²) in [6, 6.07) is 6.32. The van der Waals surface area contributed by atoms with Crippen LogP contribution in [0.15, 0.2) is 35.4 Å². The second kappa shape index (κ2) is 9.60. The highest BCUT2D eigenvalue weighted by molar-refractivity contribution is 7.89. The highest BCUT2D eigenvalue weighted by Crippen LogP contribution is 2.24. The minimum Gasteiger partial charge on any atom is -0.451 e. The molecule has 2 aromatic rings. The van der Waals surface area contributed by atoms with Crippen LogP contribution in [0, 0.1) is 0 Å². The number of aryl methyl sites for hydroxylation is 1. The number of carbonyl (C=O) groups is 2. The maximum atomic E-state index is 12.7. The summed E-state index contributed by atoms with van der Waals surface area (Å²) in [6.07, 6.45) is 3.01. The Balaban J connectivity index is 1.60. The number of carbonyl (C=O) groups excluding carboxylic acids is 2. The van der Waals surface area contributed by atoms with Crippen molar-refractivity contribution in [3.8, 4) is 0 Å². The molecule has 168 valence electrons. The third-order valence-corrected chi connectivity index (χ3v) is 7.65. The number of amides is 1. The maximum Gasteiger partial charge on any atom is 0.355 e. The zero-order valence-corrected chi connectivity index (χ0v) is 19.5. The molecular weight excluding hydrogens is 465 g/mol. The van der Waals surface area contributed by atoms with Gasteiger partial charge in [0.15, 0.2) is 6.61 Å². The van der Waals surface area contributed by atoms with Crippen molar-refractivity contribution >= 4 is 45.1 Å². The van der Waals surface area contributed by atoms with E-state index in [1.165, 1.54) is 26.0 Å². The SMILES string of the molecule is CN(Cc1ccc(Cl)c(Cl)c1)C(=O)COC(=O)c1cc(S(=O)(=O)N2CCCC2)cn1C. The third-order valence-electron chi connectivity index (χ3n) is 5.05. The van der Waals surface area contributed by atoms with Gasteiger partial charge < -0.3 is 14.2 Å². The zero-order valence-electron chi connectivity index (χ0n) is 17.2. The molecule has 0 N–H and O–H groups in total. The number of hydrogen-bond donors (Lipinski definition) is 0. The second-order valence-corrected chi connectivity index (χ2v) is 10.1. The number of rotatable bonds is 7. The van der Waals surface area contributed by atoms with Crippen molar-refractivity contribution in [3.05, 3.63) is 51.8 Å². The Kier molecular flexibility index (Phi) is 7.31. The van der Waals surface area contributed by atoms with E-state index in [-0.39, 0.29) is 17.1 Å². The van der Waals surface area contributed by atoms with Crippen molar-refractivity contribution in [1.29, 1.82) is 0 Å². The van der Waals surface area contributed by atoms with E-state index in [0.29, 0.717) is 23.1 Å². The molecule has 1 aliphatic heterocycles. The van der Waals surface area contributed by atoms with Crippen LogP contribution in [0.1, 0.15) is 28.9 Å². The van der Waals surface area contributed by atoms with Gasteiger partial charge in [0, 0.05) is 39.9 Å². The van der Waals surface area contributed by atoms with Crippen molar-refractivity contribution in [1.82, 2.24) is 13.8 Å². The minimum atomic E-state index is -3.65. The van der Waals surface area contributed by atoms with E-state index in [1.54, 1.807) is 32.3 Å². The fourth-order valence-electron chi connectivity index (χ4n) is 3.27. The average Bonchev–Trinajstić information content (AvgIpc) is 3.39. The molecule has 0 unspecified atom stereocenters. The normalized spacial score (nSPS) is 14.6. The quantitative estimate of drug-likeness (QED) is 0.560. The van der Waals surface area contributed by atoms with Crippen molar-refractivity contribution in [2.45, 2.75) is 24.3 Å². The average molecular weight is 488 g/mol. The molecule has 0 radical (unpaired) electrons. The number of nitrogens with zero attached hydrogens (tertiary/aromatic N) is 3. The lowest BCUT2D eigenvalue weighted by Gasteiger charge is -2.17. The Morgan fingerprint density at radius 2 is 1.81 bits per heavy atom. The van der Waals surface area contributed by atoms with Crippen LogP contribution >= 0.6 is 23.2 Å². The number of benzene rings is 1. The molecule has 0 atom stereocenters. The molecule has 11 heteroatoms. The van der Waals surface area contributed by atoms with Crippen molar-refractivity contribution in [3.63, 3.8) is 0 Å². The first-order chi connectivity index (χ1) is 14.6. The lowest BCUT2D eigenvalue weighted by Crippen LogP contribution is -2.31. The van der Waals surface area contributed by atoms with Gasteiger partial charge in [0.25, 0.3) is 5.91 Å². The molecule has 0 spiro atoms. The summed E-state index contributed by atoms with van der Waals surface area (Å²) in [4.78, 5) is 26.2. The van der Waals surface area contributed by atoms with Gasteiger partial charge >= 0.3 is 5.97 Å². The lowest BCUT2D eigenvalue weighted by molar-refractivity contribution is -0.133. The Hall–Kier alpha value is -2.07. The van der Waals surface area contributed by atoms with Crippen molar-refractivity contribution in [2.24, 2.45) is 7.05 Å². The standard InChI is InChI=1S/C20H23Cl2N3O5S/c1-23-12-15(31(28,29)25-7-3-4-8-25)10-18(23)20(27)30-13-19(26)24(2)11-14-5-6-16(21)17(22)9-14/h5-6,9-10,12H,3-4,7-8,11,13H2,1-2H3. The molecule has 31 heavy (non-hydrogen) atoms. The van der Waals surface area contributed by atoms with Gasteiger partial charge in [-0.1, -0.05) is 29.3 Å². The number of halogens is 2. The molecule has 8 nitrogen and oxygen atoms in total. The van der Waals surface area contributed by atoms with E-state index in [1.807, 2.05) is 0 Å². The Morgan fingerprint density at radius 3 is 2.45 bits per heavy atom. The lowest BCUT2D eigenvalue weighted by atomic mass is 10.2. The second-order valence-electron chi connectivity index (χ2n) is 7.36. The van der Waals surface area contributed by atoms with E-state index in [9.17, 15) is 18.0 Å². The Morgan fingerprint density at radius 1 is 1.13 bits per heavy atom. The number of aromatic nitrogens is 1. The first kappa shape index (κ1) is 23.6. The van der Waals surface area contributed by atoms with Crippen LogP contribution in [0.25, 0.3) is 0 Å². The molecule has 1 saturated heterocycles. The summed E-state index contributed by atoms with van der Waals surface area (Å²) in [5, 5.41) is 0.803. The number of sulfonamides is 1. The first-order valence-electron chi connectivity index (χ1n) is 9.61. The van der Waals surface area contributed by atoms with Gasteiger partial charge in [-0.05, 0) is 36.6 Å². The van der Waals surface area contributed by atoms with Crippen LogP contribution in [0.4, 0.5) is 0 Å². The third kappa shape index (κ3) is 5.41. The van der Waals surface area contributed by atoms with Crippen LogP contribution in [0.5, 0.6) is 0 Å². The van der Waals surface area contributed by atoms with E-state index in [2.05, 4.69) is 0 Å². The summed E-state index contributed by atoms with van der Waals surface area (Å²) < 4.78 is 33.3. The smallest absolute Gasteiger partial charge is 0.355 e. The largest absolute Gasteiger partial charge is 0.451 e. The molecule has 3 rings (SSSR count). The van der Waals surface area contributed by atoms with Gasteiger partial charge in [0.2, 0.25) is 10.0 Å². The van der Waals surface area contributed by atoms with Gasteiger partial charge in [0.05, 0.1) is 10.0 Å². The molecule has 1 aliphatic rings. The predicted octanol–water partition coefficient (Wildman–Crippen LogP) is 2.93. The number of esters is 1. The van der Waals surface area contributed by atoms with Gasteiger partial charge in [-0.3, -0.25) is 4.79 Å². The molecule has 1 aromatic heterocycles. The van der Waals surface area contributed by atoms with E-state index < -0.39 is 28.5 Å². The molecule has 0 bridgehead atoms. The predicted molar refractivity (Wildman–Crippen MR) is 117 cm³/mol. The highest BCUT2D eigenvalue weighted by Gasteiger charge is 2.30. The van der Waals surface area contributed by atoms with Gasteiger partial charge in [-0.2, -0.15) is 4.31 Å². The van der Waals surface area contributed by atoms with Crippen LogP contribution in [0.2, 0.25) is 10.0 Å². The van der Waals surface area contributed by atoms with Crippen molar-refractivity contribution in [2.75, 3.05) is 26.7 Å². The monoisotopic (exact) mass is 487 g/mol. The maximum absolute atomic E-state index is 12.7. The minimum absolute atomic E-state index is 0.0342. The topological polar surface area (TPSA) is 88.9 Å². The molecule has 0 saturated carbocycles. The molecule has 1 fully saturated rings. The number of hydrogen-bond acceptors (Lipinski definition) is 5. The molecule has 0 aliphatic carbocycles. The molecule has 1 amide bonds. The Labute approximate surface area is 191 Å². The van der Waals surface area contributed by atoms with Crippen molar-refractivity contribution < 1.29 is 22.7 Å². The van der Waals surface area contributed by atoms with Gasteiger partial charge in [0.1, 0.15) is 10.6 Å². The van der Waals surface area contributed by atoms with E-state index in [0.717, 1.165) is 18.4 Å². The molecule has 1 aromatic carbocycles. The van der Waals surface area contributed by atoms with E-state index in [4.69, 9.17) is 27.9 Å². The zero-order chi connectivity index (χ0) is 22.8. The van der Waals surface area contributed by atoms with Crippen LogP contribution in [-0.4, -0.2) is 60.8 Å². The molecule has 2 heterocycles. The van der Waals surface area contributed by atoms with Crippen LogP contribution in [0.3, 0.4) is 0 Å². The summed E-state index contributed by atoms with van der Waals surface area (Å²) in [7, 11) is -0.526. The highest BCUT2D eigenvalue weighted by atomic mass is 35.5. The fourth-order valence-corrected chi connectivity index (χ4v) is 5.18. The number of likely N-dealkylation sites (N-methyl/N-ethyl adjacent to an activating group) is 1. The van der Waals surface area contributed by atoms with Crippen LogP contribution in [-0.2, 0) is 33.1 Å². The fraction of sp³-hybridized carbons (Fsp3) is 0.400. The Bertz CT molecular complexity index is 1090. The first-order valence-corrected chi connectivity index (χ1v) is 11.8. The summed E-state index contributed by atoms with van der Waals surface area (Å²) in [5.74, 6) is -1.19. The summed E-state index contributed by atoms with van der Waals surface area (Å²) in [6.45, 7) is 0.721. The van der Waals surface area contributed by atoms with Gasteiger partial charge in [-0.15, -0.1) is 0 Å². The summed E-state index contributed by atoms with van der Waals surface area (Å²) in [5.41, 5.74) is 0.827. The van der Waals surface area contributed by atoms with Gasteiger partial charge in [-0.25, -0.2) is 13.2 Å². The van der Waals surface area contributed by atoms with Crippen LogP contribution < -0.4 is 0 Å².